The van der Waals surface area contributed by atoms with Gasteiger partial charge in [0.15, 0.2) is 5.71 Å². The molecule has 1 nitrogen and oxygen atoms in total. The summed E-state index contributed by atoms with van der Waals surface area (Å²) in [6.45, 7) is 4.21. The van der Waals surface area contributed by atoms with Crippen LogP contribution in [0, 0.1) is 17.7 Å². The van der Waals surface area contributed by atoms with Crippen LogP contribution in [0.3, 0.4) is 0 Å². The van der Waals surface area contributed by atoms with Gasteiger partial charge in [-0.3, -0.25) is 5.41 Å². The quantitative estimate of drug-likeness (QED) is 0.532. The highest BCUT2D eigenvalue weighted by Gasteiger charge is 2.17. The topological polar surface area (TPSA) is 23.9 Å². The van der Waals surface area contributed by atoms with Crippen LogP contribution in [-0.2, 0) is 0 Å². The molecule has 0 atom stereocenters. The van der Waals surface area contributed by atoms with Gasteiger partial charge in [0.2, 0.25) is 0 Å². The first-order chi connectivity index (χ1) is 4.72. The minimum absolute atomic E-state index is 0.466. The molecular weight excluding hydrogens is 122 g/mol. The maximum Gasteiger partial charge on any atom is 0.168 e. The molecule has 0 radical (unpaired) electrons. The fourth-order valence-electron chi connectivity index (χ4n) is 1.00. The zero-order chi connectivity index (χ0) is 7.56. The molecule has 0 heterocycles. The maximum absolute atomic E-state index is 7.50. The van der Waals surface area contributed by atoms with Crippen molar-refractivity contribution >= 4 is 5.71 Å². The van der Waals surface area contributed by atoms with Gasteiger partial charge in [-0.1, -0.05) is 0 Å². The molecule has 0 fully saturated rings. The Bertz CT molecular complexity index is 197. The Morgan fingerprint density at radius 3 is 2.60 bits per heavy atom. The van der Waals surface area contributed by atoms with Crippen molar-refractivity contribution in [3.05, 3.63) is 30.2 Å². The lowest BCUT2D eigenvalue weighted by Gasteiger charge is -2.04. The van der Waals surface area contributed by atoms with E-state index in [-0.39, 0.29) is 0 Å². The smallest absolute Gasteiger partial charge is 0.168 e. The van der Waals surface area contributed by atoms with Crippen LogP contribution < -0.4 is 0 Å². The molecule has 0 unspecified atom stereocenters. The van der Waals surface area contributed by atoms with E-state index in [9.17, 15) is 0 Å². The average Bonchev–Trinajstić information content (AvgIpc) is 1.88. The molecule has 0 bridgehead atoms. The van der Waals surface area contributed by atoms with Gasteiger partial charge in [-0.2, -0.15) is 0 Å². The van der Waals surface area contributed by atoms with Crippen molar-refractivity contribution in [2.24, 2.45) is 5.92 Å². The fraction of sp³-hybridized carbons (Fsp3) is 0.333. The van der Waals surface area contributed by atoms with Crippen LogP contribution in [-0.4, -0.2) is 5.71 Å². The molecule has 0 spiro atoms. The van der Waals surface area contributed by atoms with Gasteiger partial charge >= 0.3 is 0 Å². The number of allylic oxidation sites excluding steroid dienone is 4. The molecule has 0 aromatic carbocycles. The summed E-state index contributed by atoms with van der Waals surface area (Å²) >= 11 is 0. The molecule has 1 aliphatic carbocycles. The predicted octanol–water partition coefficient (Wildman–Crippen LogP) is 2.36. The van der Waals surface area contributed by atoms with E-state index in [1.54, 1.807) is 0 Å². The minimum Gasteiger partial charge on any atom is -0.275 e. The summed E-state index contributed by atoms with van der Waals surface area (Å²) in [5, 5.41) is 7.50. The van der Waals surface area contributed by atoms with Gasteiger partial charge in [0, 0.05) is 12.0 Å². The lowest BCUT2D eigenvalue weighted by atomic mass is 9.93. The zero-order valence-corrected chi connectivity index (χ0v) is 6.39. The molecular formula is C9H12N+. The van der Waals surface area contributed by atoms with Crippen molar-refractivity contribution in [2.75, 3.05) is 0 Å². The van der Waals surface area contributed by atoms with E-state index in [1.807, 2.05) is 24.6 Å². The fourth-order valence-corrected chi connectivity index (χ4v) is 1.00. The SMILES string of the molecule is CC(C)C1=CC=C[CH+]C1=N. The molecule has 0 aromatic heterocycles. The van der Waals surface area contributed by atoms with E-state index in [0.717, 1.165) is 5.57 Å². The van der Waals surface area contributed by atoms with Gasteiger partial charge in [-0.05, 0) is 13.8 Å². The van der Waals surface area contributed by atoms with E-state index in [4.69, 9.17) is 5.41 Å². The first-order valence-corrected chi connectivity index (χ1v) is 3.52. The van der Waals surface area contributed by atoms with Crippen molar-refractivity contribution in [1.29, 1.82) is 5.41 Å². The van der Waals surface area contributed by atoms with E-state index >= 15 is 0 Å². The number of rotatable bonds is 1. The zero-order valence-electron chi connectivity index (χ0n) is 6.39. The van der Waals surface area contributed by atoms with Gasteiger partial charge in [0.1, 0.15) is 0 Å². The van der Waals surface area contributed by atoms with E-state index in [0.29, 0.717) is 11.6 Å². The van der Waals surface area contributed by atoms with Crippen LogP contribution in [0.15, 0.2) is 23.8 Å². The Morgan fingerprint density at radius 1 is 1.50 bits per heavy atom. The lowest BCUT2D eigenvalue weighted by molar-refractivity contribution is 0.800. The number of hydrogen-bond acceptors (Lipinski definition) is 1. The number of nitrogens with one attached hydrogen (secondary N) is 1. The molecule has 1 N–H and O–H groups in total. The standard InChI is InChI=1S/C9H12N/c1-7(2)8-5-3-4-6-9(8)10/h3-7,10H,1-2H3/q+1. The van der Waals surface area contributed by atoms with E-state index in [2.05, 4.69) is 13.8 Å². The van der Waals surface area contributed by atoms with Crippen LogP contribution in [0.25, 0.3) is 0 Å². The summed E-state index contributed by atoms with van der Waals surface area (Å²) in [5.74, 6) is 0.466. The Morgan fingerprint density at radius 2 is 2.20 bits per heavy atom. The van der Waals surface area contributed by atoms with Gasteiger partial charge < -0.3 is 0 Å². The first-order valence-electron chi connectivity index (χ1n) is 3.52. The van der Waals surface area contributed by atoms with E-state index in [1.165, 1.54) is 0 Å². The third-order valence-electron chi connectivity index (χ3n) is 1.58. The maximum atomic E-state index is 7.50. The Balaban J connectivity index is 2.80. The molecule has 1 rings (SSSR count). The van der Waals surface area contributed by atoms with Crippen molar-refractivity contribution in [1.82, 2.24) is 0 Å². The Hall–Kier alpha value is -0.980. The highest BCUT2D eigenvalue weighted by atomic mass is 14.4. The van der Waals surface area contributed by atoms with Crippen molar-refractivity contribution in [2.45, 2.75) is 13.8 Å². The van der Waals surface area contributed by atoms with Crippen molar-refractivity contribution < 1.29 is 0 Å². The van der Waals surface area contributed by atoms with Crippen LogP contribution in [0.1, 0.15) is 13.8 Å². The minimum atomic E-state index is 0.466. The van der Waals surface area contributed by atoms with Crippen LogP contribution >= 0.6 is 0 Å². The first kappa shape index (κ1) is 7.13. The highest BCUT2D eigenvalue weighted by molar-refractivity contribution is 6.06. The van der Waals surface area contributed by atoms with Gasteiger partial charge in [0.25, 0.3) is 0 Å². The molecule has 0 aromatic rings. The summed E-state index contributed by atoms with van der Waals surface area (Å²) in [5.41, 5.74) is 1.78. The summed E-state index contributed by atoms with van der Waals surface area (Å²) in [6, 6.07) is 0. The van der Waals surface area contributed by atoms with Gasteiger partial charge in [-0.15, -0.1) is 0 Å². The summed E-state index contributed by atoms with van der Waals surface area (Å²) in [7, 11) is 0. The second-order valence-electron chi connectivity index (χ2n) is 2.74. The molecule has 1 aliphatic rings. The summed E-state index contributed by atoms with van der Waals surface area (Å²) < 4.78 is 0. The Kier molecular flexibility index (Phi) is 1.95. The molecule has 10 heavy (non-hydrogen) atoms. The molecule has 0 saturated heterocycles. The molecule has 0 saturated carbocycles. The van der Waals surface area contributed by atoms with Crippen LogP contribution in [0.4, 0.5) is 0 Å². The second kappa shape index (κ2) is 2.74. The summed E-state index contributed by atoms with van der Waals surface area (Å²) in [6.07, 6.45) is 7.71. The van der Waals surface area contributed by atoms with Crippen molar-refractivity contribution in [3.8, 4) is 0 Å². The van der Waals surface area contributed by atoms with Crippen LogP contribution in [0.5, 0.6) is 0 Å². The van der Waals surface area contributed by atoms with Gasteiger partial charge in [-0.25, -0.2) is 0 Å². The predicted molar refractivity (Wildman–Crippen MR) is 44.1 cm³/mol. The monoisotopic (exact) mass is 134 g/mol. The number of hydrogen-bond donors (Lipinski definition) is 1. The molecule has 0 aliphatic heterocycles. The third-order valence-corrected chi connectivity index (χ3v) is 1.58. The molecule has 0 amide bonds. The third kappa shape index (κ3) is 1.29. The largest absolute Gasteiger partial charge is 0.275 e. The average molecular weight is 134 g/mol. The lowest BCUT2D eigenvalue weighted by Crippen LogP contribution is -2.08. The normalized spacial score (nSPS) is 17.1. The van der Waals surface area contributed by atoms with Crippen LogP contribution in [0.2, 0.25) is 0 Å². The molecule has 52 valence electrons. The Labute approximate surface area is 62.0 Å². The van der Waals surface area contributed by atoms with Gasteiger partial charge in [0.05, 0.1) is 24.1 Å². The van der Waals surface area contributed by atoms with E-state index < -0.39 is 0 Å². The second-order valence-corrected chi connectivity index (χ2v) is 2.74. The summed E-state index contributed by atoms with van der Waals surface area (Å²) in [4.78, 5) is 0. The van der Waals surface area contributed by atoms with Crippen molar-refractivity contribution in [3.63, 3.8) is 0 Å². The molecule has 1 heteroatoms. The highest BCUT2D eigenvalue weighted by Crippen LogP contribution is 2.15.